The standard InChI is InChI=1S/C19H33NO2S/c1-15(2)8-6-9-16(3)10-7-11-17(4)12-13-20-18(14-23)19(21)22-5/h8,10,12,18,20,23H,6-7,9,11,13-14H2,1-5H3/b16-10?,17-12+/t18-/m0/s1. The molecule has 1 atom stereocenters. The van der Waals surface area contributed by atoms with Crippen molar-refractivity contribution in [3.05, 3.63) is 34.9 Å². The van der Waals surface area contributed by atoms with E-state index in [4.69, 9.17) is 4.74 Å². The third kappa shape index (κ3) is 12.1. The van der Waals surface area contributed by atoms with Crippen molar-refractivity contribution in [2.75, 3.05) is 19.4 Å². The third-order valence-electron chi connectivity index (χ3n) is 3.61. The maximum Gasteiger partial charge on any atom is 0.323 e. The maximum absolute atomic E-state index is 11.4. The number of carbonyl (C=O) groups excluding carboxylic acids is 1. The van der Waals surface area contributed by atoms with Gasteiger partial charge in [0, 0.05) is 12.3 Å². The maximum atomic E-state index is 11.4. The van der Waals surface area contributed by atoms with Gasteiger partial charge in [0.2, 0.25) is 0 Å². The molecule has 0 heterocycles. The highest BCUT2D eigenvalue weighted by Gasteiger charge is 2.15. The molecule has 0 aliphatic carbocycles. The smallest absolute Gasteiger partial charge is 0.323 e. The summed E-state index contributed by atoms with van der Waals surface area (Å²) in [5.74, 6) is 0.175. The van der Waals surface area contributed by atoms with E-state index in [2.05, 4.69) is 63.9 Å². The zero-order valence-corrected chi connectivity index (χ0v) is 16.2. The predicted octanol–water partition coefficient (Wildman–Crippen LogP) is 4.47. The normalized spacial score (nSPS) is 13.7. The monoisotopic (exact) mass is 339 g/mol. The first-order valence-electron chi connectivity index (χ1n) is 8.27. The van der Waals surface area contributed by atoms with E-state index in [-0.39, 0.29) is 12.0 Å². The molecule has 3 nitrogen and oxygen atoms in total. The van der Waals surface area contributed by atoms with Crippen LogP contribution in [-0.2, 0) is 9.53 Å². The van der Waals surface area contributed by atoms with E-state index in [0.29, 0.717) is 12.3 Å². The second-order valence-electron chi connectivity index (χ2n) is 6.13. The van der Waals surface area contributed by atoms with Gasteiger partial charge in [-0.25, -0.2) is 0 Å². The molecule has 0 spiro atoms. The lowest BCUT2D eigenvalue weighted by atomic mass is 10.1. The topological polar surface area (TPSA) is 38.3 Å². The number of allylic oxidation sites excluding steroid dienone is 5. The van der Waals surface area contributed by atoms with Crippen molar-refractivity contribution in [1.82, 2.24) is 5.32 Å². The van der Waals surface area contributed by atoms with E-state index in [1.165, 1.54) is 23.8 Å². The van der Waals surface area contributed by atoms with Crippen LogP contribution >= 0.6 is 12.6 Å². The molecular formula is C19H33NO2S. The summed E-state index contributed by atoms with van der Waals surface area (Å²) in [5, 5.41) is 3.14. The van der Waals surface area contributed by atoms with Gasteiger partial charge in [-0.05, 0) is 53.4 Å². The summed E-state index contributed by atoms with van der Waals surface area (Å²) in [4.78, 5) is 11.4. The van der Waals surface area contributed by atoms with Gasteiger partial charge < -0.3 is 10.1 Å². The Balaban J connectivity index is 4.06. The zero-order valence-electron chi connectivity index (χ0n) is 15.3. The number of nitrogens with one attached hydrogen (secondary N) is 1. The van der Waals surface area contributed by atoms with Crippen molar-refractivity contribution >= 4 is 18.6 Å². The van der Waals surface area contributed by atoms with Crippen molar-refractivity contribution in [1.29, 1.82) is 0 Å². The number of thiol groups is 1. The lowest BCUT2D eigenvalue weighted by Gasteiger charge is -2.12. The molecule has 0 rings (SSSR count). The van der Waals surface area contributed by atoms with Gasteiger partial charge in [-0.1, -0.05) is 34.9 Å². The van der Waals surface area contributed by atoms with Crippen LogP contribution in [0, 0.1) is 0 Å². The lowest BCUT2D eigenvalue weighted by molar-refractivity contribution is -0.142. The van der Waals surface area contributed by atoms with E-state index in [0.717, 1.165) is 25.7 Å². The molecule has 0 aromatic heterocycles. The van der Waals surface area contributed by atoms with Crippen molar-refractivity contribution < 1.29 is 9.53 Å². The first-order chi connectivity index (χ1) is 10.9. The molecule has 23 heavy (non-hydrogen) atoms. The van der Waals surface area contributed by atoms with E-state index < -0.39 is 0 Å². The molecule has 0 unspecified atom stereocenters. The Morgan fingerprint density at radius 2 is 1.61 bits per heavy atom. The predicted molar refractivity (Wildman–Crippen MR) is 103 cm³/mol. The van der Waals surface area contributed by atoms with Crippen molar-refractivity contribution in [2.45, 2.75) is 59.4 Å². The lowest BCUT2D eigenvalue weighted by Crippen LogP contribution is -2.39. The van der Waals surface area contributed by atoms with E-state index in [1.54, 1.807) is 0 Å². The highest BCUT2D eigenvalue weighted by molar-refractivity contribution is 7.80. The zero-order chi connectivity index (χ0) is 17.7. The summed E-state index contributed by atoms with van der Waals surface area (Å²) in [7, 11) is 1.40. The molecule has 0 saturated heterocycles. The Hall–Kier alpha value is -1.00. The number of hydrogen-bond donors (Lipinski definition) is 2. The summed E-state index contributed by atoms with van der Waals surface area (Å²) in [6.07, 6.45) is 11.1. The van der Waals surface area contributed by atoms with Crippen LogP contribution in [0.1, 0.15) is 53.4 Å². The van der Waals surface area contributed by atoms with Crippen molar-refractivity contribution in [2.24, 2.45) is 0 Å². The van der Waals surface area contributed by atoms with Crippen LogP contribution in [0.5, 0.6) is 0 Å². The molecule has 0 radical (unpaired) electrons. The van der Waals surface area contributed by atoms with Crippen molar-refractivity contribution in [3.63, 3.8) is 0 Å². The summed E-state index contributed by atoms with van der Waals surface area (Å²) in [6, 6.07) is -0.343. The minimum atomic E-state index is -0.343. The largest absolute Gasteiger partial charge is 0.468 e. The molecule has 0 amide bonds. The van der Waals surface area contributed by atoms with E-state index >= 15 is 0 Å². The number of ether oxygens (including phenoxy) is 1. The summed E-state index contributed by atoms with van der Waals surface area (Å²) < 4.78 is 4.72. The van der Waals surface area contributed by atoms with Crippen LogP contribution in [0.15, 0.2) is 34.9 Å². The number of rotatable bonds is 11. The second-order valence-corrected chi connectivity index (χ2v) is 6.49. The van der Waals surface area contributed by atoms with Gasteiger partial charge >= 0.3 is 5.97 Å². The number of esters is 1. The minimum Gasteiger partial charge on any atom is -0.468 e. The van der Waals surface area contributed by atoms with Crippen LogP contribution in [0.25, 0.3) is 0 Å². The average Bonchev–Trinajstić information content (AvgIpc) is 2.50. The molecular weight excluding hydrogens is 306 g/mol. The Morgan fingerprint density at radius 1 is 1.04 bits per heavy atom. The number of hydrogen-bond acceptors (Lipinski definition) is 4. The fourth-order valence-corrected chi connectivity index (χ4v) is 2.36. The van der Waals surface area contributed by atoms with Crippen LogP contribution in [0.4, 0.5) is 0 Å². The van der Waals surface area contributed by atoms with E-state index in [1.807, 2.05) is 0 Å². The van der Waals surface area contributed by atoms with Gasteiger partial charge in [-0.15, -0.1) is 0 Å². The molecule has 0 bridgehead atoms. The highest BCUT2D eigenvalue weighted by atomic mass is 32.1. The van der Waals surface area contributed by atoms with Gasteiger partial charge in [0.15, 0.2) is 0 Å². The molecule has 1 N–H and O–H groups in total. The number of carbonyl (C=O) groups is 1. The van der Waals surface area contributed by atoms with E-state index in [9.17, 15) is 4.79 Å². The highest BCUT2D eigenvalue weighted by Crippen LogP contribution is 2.11. The minimum absolute atomic E-state index is 0.263. The summed E-state index contributed by atoms with van der Waals surface area (Å²) >= 11 is 4.16. The molecule has 0 aromatic carbocycles. The van der Waals surface area contributed by atoms with Crippen LogP contribution < -0.4 is 5.32 Å². The number of methoxy groups -OCH3 is 1. The van der Waals surface area contributed by atoms with Gasteiger partial charge in [0.1, 0.15) is 6.04 Å². The molecule has 132 valence electrons. The molecule has 0 aromatic rings. The second kappa shape index (κ2) is 13.4. The Morgan fingerprint density at radius 3 is 2.13 bits per heavy atom. The fraction of sp³-hybridized carbons (Fsp3) is 0.632. The summed E-state index contributed by atoms with van der Waals surface area (Å²) in [5.41, 5.74) is 4.17. The molecule has 0 fully saturated rings. The summed E-state index contributed by atoms with van der Waals surface area (Å²) in [6.45, 7) is 9.27. The Kier molecular flexibility index (Phi) is 12.9. The third-order valence-corrected chi connectivity index (χ3v) is 3.97. The Labute approximate surface area is 147 Å². The Bertz CT molecular complexity index is 435. The van der Waals surface area contributed by atoms with Crippen LogP contribution in [-0.4, -0.2) is 31.4 Å². The van der Waals surface area contributed by atoms with Crippen LogP contribution in [0.2, 0.25) is 0 Å². The quantitative estimate of drug-likeness (QED) is 0.331. The molecule has 4 heteroatoms. The van der Waals surface area contributed by atoms with Gasteiger partial charge in [0.25, 0.3) is 0 Å². The van der Waals surface area contributed by atoms with Crippen LogP contribution in [0.3, 0.4) is 0 Å². The van der Waals surface area contributed by atoms with Gasteiger partial charge in [-0.2, -0.15) is 12.6 Å². The first-order valence-corrected chi connectivity index (χ1v) is 8.90. The SMILES string of the molecule is COC(=O)[C@H](CS)NC/C=C(\C)CCC=C(C)CCC=C(C)C. The molecule has 0 aliphatic rings. The average molecular weight is 340 g/mol. The first kappa shape index (κ1) is 22.0. The molecule has 0 aliphatic heterocycles. The molecule has 0 saturated carbocycles. The van der Waals surface area contributed by atoms with Gasteiger partial charge in [-0.3, -0.25) is 4.79 Å². The fourth-order valence-electron chi connectivity index (χ4n) is 2.08. The van der Waals surface area contributed by atoms with Gasteiger partial charge in [0.05, 0.1) is 7.11 Å². The van der Waals surface area contributed by atoms with Crippen molar-refractivity contribution in [3.8, 4) is 0 Å².